The standard InChI is InChI=1S/C12H16N2O5/c1-8(2)19-7-12(15)13-10-5-4-9(18-3)6-11(10)14(16)17/h4-6,8H,7H2,1-3H3,(H,13,15). The van der Waals surface area contributed by atoms with Crippen LogP contribution in [0.25, 0.3) is 0 Å². The summed E-state index contributed by atoms with van der Waals surface area (Å²) in [5, 5.41) is 13.3. The summed E-state index contributed by atoms with van der Waals surface area (Å²) in [7, 11) is 1.41. The van der Waals surface area contributed by atoms with Crippen LogP contribution >= 0.6 is 0 Å². The molecule has 0 bridgehead atoms. The van der Waals surface area contributed by atoms with Gasteiger partial charge in [-0.15, -0.1) is 0 Å². The number of rotatable bonds is 6. The Morgan fingerprint density at radius 2 is 2.16 bits per heavy atom. The van der Waals surface area contributed by atoms with Gasteiger partial charge in [0.1, 0.15) is 18.0 Å². The number of ether oxygens (including phenoxy) is 2. The molecule has 0 aliphatic rings. The average Bonchev–Trinajstić information content (AvgIpc) is 2.36. The fraction of sp³-hybridized carbons (Fsp3) is 0.417. The van der Waals surface area contributed by atoms with Crippen molar-refractivity contribution in [2.45, 2.75) is 20.0 Å². The summed E-state index contributed by atoms with van der Waals surface area (Å²) in [6.07, 6.45) is -0.0865. The number of carbonyl (C=O) groups is 1. The van der Waals surface area contributed by atoms with Gasteiger partial charge in [-0.1, -0.05) is 0 Å². The van der Waals surface area contributed by atoms with Crippen molar-refractivity contribution in [3.8, 4) is 5.75 Å². The molecule has 1 amide bonds. The molecule has 1 aromatic rings. The summed E-state index contributed by atoms with van der Waals surface area (Å²) in [4.78, 5) is 21.9. The molecule has 0 spiro atoms. The first-order valence-corrected chi connectivity index (χ1v) is 5.68. The van der Waals surface area contributed by atoms with Crippen LogP contribution in [0.1, 0.15) is 13.8 Å². The van der Waals surface area contributed by atoms with E-state index in [-0.39, 0.29) is 24.1 Å². The number of hydrogen-bond donors (Lipinski definition) is 1. The van der Waals surface area contributed by atoms with Crippen molar-refractivity contribution in [1.29, 1.82) is 0 Å². The lowest BCUT2D eigenvalue weighted by molar-refractivity contribution is -0.384. The van der Waals surface area contributed by atoms with E-state index in [0.29, 0.717) is 5.75 Å². The van der Waals surface area contributed by atoms with Crippen LogP contribution in [-0.2, 0) is 9.53 Å². The number of hydrogen-bond acceptors (Lipinski definition) is 5. The zero-order valence-corrected chi connectivity index (χ0v) is 11.0. The van der Waals surface area contributed by atoms with E-state index in [1.807, 2.05) is 0 Å². The highest BCUT2D eigenvalue weighted by atomic mass is 16.6. The highest BCUT2D eigenvalue weighted by Gasteiger charge is 2.17. The van der Waals surface area contributed by atoms with Crippen molar-refractivity contribution in [1.82, 2.24) is 0 Å². The second-order valence-corrected chi connectivity index (χ2v) is 4.05. The zero-order chi connectivity index (χ0) is 14.4. The molecular formula is C12H16N2O5. The van der Waals surface area contributed by atoms with Crippen molar-refractivity contribution < 1.29 is 19.2 Å². The number of amides is 1. The predicted molar refractivity (Wildman–Crippen MR) is 69.4 cm³/mol. The van der Waals surface area contributed by atoms with Crippen LogP contribution in [0.15, 0.2) is 18.2 Å². The number of nitrogens with one attached hydrogen (secondary N) is 1. The topological polar surface area (TPSA) is 90.7 Å². The number of methoxy groups -OCH3 is 1. The molecule has 0 saturated heterocycles. The van der Waals surface area contributed by atoms with Crippen molar-refractivity contribution >= 4 is 17.3 Å². The molecule has 0 aliphatic heterocycles. The first-order chi connectivity index (χ1) is 8.93. The molecular weight excluding hydrogens is 252 g/mol. The van der Waals surface area contributed by atoms with E-state index in [1.54, 1.807) is 13.8 Å². The van der Waals surface area contributed by atoms with Crippen LogP contribution < -0.4 is 10.1 Å². The summed E-state index contributed by atoms with van der Waals surface area (Å²) in [6.45, 7) is 3.44. The Morgan fingerprint density at radius 1 is 1.47 bits per heavy atom. The van der Waals surface area contributed by atoms with E-state index in [2.05, 4.69) is 5.32 Å². The number of nitrogens with zero attached hydrogens (tertiary/aromatic N) is 1. The molecule has 1 rings (SSSR count). The van der Waals surface area contributed by atoms with Crippen LogP contribution in [0.5, 0.6) is 5.75 Å². The lowest BCUT2D eigenvalue weighted by atomic mass is 10.2. The Hall–Kier alpha value is -2.15. The van der Waals surface area contributed by atoms with E-state index in [1.165, 1.54) is 25.3 Å². The molecule has 19 heavy (non-hydrogen) atoms. The van der Waals surface area contributed by atoms with E-state index in [4.69, 9.17) is 9.47 Å². The molecule has 104 valence electrons. The molecule has 1 aromatic carbocycles. The highest BCUT2D eigenvalue weighted by molar-refractivity contribution is 5.94. The Morgan fingerprint density at radius 3 is 2.68 bits per heavy atom. The SMILES string of the molecule is COc1ccc(NC(=O)COC(C)C)c([N+](=O)[O-])c1. The summed E-state index contributed by atoms with van der Waals surface area (Å²) in [5.74, 6) is -0.0925. The van der Waals surface area contributed by atoms with E-state index in [9.17, 15) is 14.9 Å². The normalized spacial score (nSPS) is 10.3. The first-order valence-electron chi connectivity index (χ1n) is 5.68. The van der Waals surface area contributed by atoms with Crippen molar-refractivity contribution in [2.75, 3.05) is 19.0 Å². The smallest absolute Gasteiger partial charge is 0.296 e. The van der Waals surface area contributed by atoms with Gasteiger partial charge >= 0.3 is 0 Å². The number of carbonyl (C=O) groups excluding carboxylic acids is 1. The summed E-state index contributed by atoms with van der Waals surface area (Å²) >= 11 is 0. The number of nitro benzene ring substituents is 1. The minimum Gasteiger partial charge on any atom is -0.496 e. The minimum atomic E-state index is -0.582. The van der Waals surface area contributed by atoms with E-state index < -0.39 is 10.8 Å². The Labute approximate surface area is 110 Å². The number of anilines is 1. The Bertz CT molecular complexity index is 473. The Balaban J connectivity index is 2.82. The van der Waals surface area contributed by atoms with Gasteiger partial charge in [0.25, 0.3) is 11.6 Å². The van der Waals surface area contributed by atoms with Crippen LogP contribution in [0, 0.1) is 10.1 Å². The molecule has 0 fully saturated rings. The third-order valence-corrected chi connectivity index (χ3v) is 2.22. The Kier molecular flexibility index (Phi) is 5.25. The molecule has 7 nitrogen and oxygen atoms in total. The van der Waals surface area contributed by atoms with Crippen LogP contribution in [0.4, 0.5) is 11.4 Å². The predicted octanol–water partition coefficient (Wildman–Crippen LogP) is 1.97. The second-order valence-electron chi connectivity index (χ2n) is 4.05. The van der Waals surface area contributed by atoms with Gasteiger partial charge in [-0.3, -0.25) is 14.9 Å². The molecule has 0 saturated carbocycles. The van der Waals surface area contributed by atoms with Crippen molar-refractivity contribution in [2.24, 2.45) is 0 Å². The maximum absolute atomic E-state index is 11.6. The quantitative estimate of drug-likeness (QED) is 0.629. The fourth-order valence-corrected chi connectivity index (χ4v) is 1.32. The van der Waals surface area contributed by atoms with Gasteiger partial charge in [0.2, 0.25) is 0 Å². The zero-order valence-electron chi connectivity index (χ0n) is 11.0. The maximum Gasteiger partial charge on any atom is 0.296 e. The first kappa shape index (κ1) is 14.9. The van der Waals surface area contributed by atoms with Gasteiger partial charge in [0.15, 0.2) is 0 Å². The minimum absolute atomic E-state index is 0.0865. The molecule has 0 aromatic heterocycles. The van der Waals surface area contributed by atoms with E-state index >= 15 is 0 Å². The average molecular weight is 268 g/mol. The number of nitro groups is 1. The summed E-state index contributed by atoms with van der Waals surface area (Å²) in [5.41, 5.74) is -0.111. The second kappa shape index (κ2) is 6.69. The molecule has 0 aliphatic carbocycles. The maximum atomic E-state index is 11.6. The van der Waals surface area contributed by atoms with Gasteiger partial charge in [-0.05, 0) is 26.0 Å². The van der Waals surface area contributed by atoms with Gasteiger partial charge < -0.3 is 14.8 Å². The molecule has 0 radical (unpaired) electrons. The van der Waals surface area contributed by atoms with Crippen LogP contribution in [0.2, 0.25) is 0 Å². The number of benzene rings is 1. The van der Waals surface area contributed by atoms with E-state index in [0.717, 1.165) is 0 Å². The highest BCUT2D eigenvalue weighted by Crippen LogP contribution is 2.28. The molecule has 7 heteroatoms. The van der Waals surface area contributed by atoms with Crippen molar-refractivity contribution in [3.63, 3.8) is 0 Å². The lowest BCUT2D eigenvalue weighted by Gasteiger charge is -2.09. The largest absolute Gasteiger partial charge is 0.496 e. The van der Waals surface area contributed by atoms with Gasteiger partial charge in [-0.2, -0.15) is 0 Å². The van der Waals surface area contributed by atoms with Crippen molar-refractivity contribution in [3.05, 3.63) is 28.3 Å². The third kappa shape index (κ3) is 4.55. The monoisotopic (exact) mass is 268 g/mol. The van der Waals surface area contributed by atoms with Gasteiger partial charge in [0, 0.05) is 0 Å². The lowest BCUT2D eigenvalue weighted by Crippen LogP contribution is -2.21. The summed E-state index contributed by atoms with van der Waals surface area (Å²) in [6, 6.07) is 4.20. The molecule has 0 heterocycles. The molecule has 1 N–H and O–H groups in total. The van der Waals surface area contributed by atoms with Gasteiger partial charge in [-0.25, -0.2) is 0 Å². The summed E-state index contributed by atoms with van der Waals surface area (Å²) < 4.78 is 10.0. The van der Waals surface area contributed by atoms with Crippen LogP contribution in [-0.4, -0.2) is 30.7 Å². The molecule has 0 unspecified atom stereocenters. The third-order valence-electron chi connectivity index (χ3n) is 2.22. The molecule has 0 atom stereocenters. The van der Waals surface area contributed by atoms with Crippen LogP contribution in [0.3, 0.4) is 0 Å². The van der Waals surface area contributed by atoms with Gasteiger partial charge in [0.05, 0.1) is 24.2 Å². The fourth-order valence-electron chi connectivity index (χ4n) is 1.32.